The number of halogens is 3. The molecule has 30 heavy (non-hydrogen) atoms. The maximum atomic E-state index is 12.7. The van der Waals surface area contributed by atoms with Crippen LogP contribution in [0.2, 0.25) is 0 Å². The predicted octanol–water partition coefficient (Wildman–Crippen LogP) is 5.11. The number of aliphatic hydroxyl groups is 1. The summed E-state index contributed by atoms with van der Waals surface area (Å²) in [4.78, 5) is 10.7. The fourth-order valence-electron chi connectivity index (χ4n) is 3.87. The molecule has 0 aliphatic carbocycles. The zero-order valence-electron chi connectivity index (χ0n) is 16.3. The highest BCUT2D eigenvalue weighted by molar-refractivity contribution is 5.64. The molecular weight excluding hydrogens is 391 g/mol. The van der Waals surface area contributed by atoms with Gasteiger partial charge in [0.05, 0.1) is 11.7 Å². The second-order valence-corrected chi connectivity index (χ2v) is 7.52. The van der Waals surface area contributed by atoms with E-state index in [2.05, 4.69) is 14.9 Å². The third-order valence-corrected chi connectivity index (χ3v) is 5.62. The van der Waals surface area contributed by atoms with Gasteiger partial charge in [-0.05, 0) is 53.6 Å². The first-order valence-electron chi connectivity index (χ1n) is 9.89. The molecule has 3 aromatic rings. The molecule has 2 aromatic carbocycles. The summed E-state index contributed by atoms with van der Waals surface area (Å²) < 4.78 is 38.2. The zero-order valence-corrected chi connectivity index (χ0v) is 16.3. The van der Waals surface area contributed by atoms with Crippen LogP contribution < -0.4 is 4.90 Å². The summed E-state index contributed by atoms with van der Waals surface area (Å²) in [5, 5.41) is 10.8. The van der Waals surface area contributed by atoms with Gasteiger partial charge in [0.15, 0.2) is 0 Å². The number of aromatic nitrogens is 2. The van der Waals surface area contributed by atoms with E-state index in [-0.39, 0.29) is 5.92 Å². The molecule has 0 radical (unpaired) electrons. The van der Waals surface area contributed by atoms with Gasteiger partial charge >= 0.3 is 6.18 Å². The van der Waals surface area contributed by atoms with Gasteiger partial charge in [0.25, 0.3) is 0 Å². The molecule has 2 heterocycles. The highest BCUT2D eigenvalue weighted by atomic mass is 19.4. The van der Waals surface area contributed by atoms with Crippen LogP contribution >= 0.6 is 0 Å². The fourth-order valence-corrected chi connectivity index (χ4v) is 3.87. The molecule has 1 fully saturated rings. The molecule has 0 spiro atoms. The predicted molar refractivity (Wildman–Crippen MR) is 109 cm³/mol. The van der Waals surface area contributed by atoms with Gasteiger partial charge in [0.2, 0.25) is 5.95 Å². The fraction of sp³-hybridized carbons (Fsp3) is 0.304. The summed E-state index contributed by atoms with van der Waals surface area (Å²) in [5.74, 6) is 0.855. The lowest BCUT2D eigenvalue weighted by molar-refractivity contribution is -0.137. The van der Waals surface area contributed by atoms with Gasteiger partial charge in [-0.3, -0.25) is 0 Å². The van der Waals surface area contributed by atoms with Crippen molar-refractivity contribution in [3.8, 4) is 11.1 Å². The van der Waals surface area contributed by atoms with Crippen LogP contribution in [0.3, 0.4) is 0 Å². The SMILES string of the molecule is O[C@@H](c1ccc(-c2ccc(C(F)(F)F)cc2)cc1)C1CCN(c2ncccn2)CC1. The highest BCUT2D eigenvalue weighted by Gasteiger charge is 2.30. The first-order chi connectivity index (χ1) is 14.4. The summed E-state index contributed by atoms with van der Waals surface area (Å²) >= 11 is 0. The summed E-state index contributed by atoms with van der Waals surface area (Å²) in [6.45, 7) is 1.57. The second kappa shape index (κ2) is 8.44. The van der Waals surface area contributed by atoms with Crippen molar-refractivity contribution < 1.29 is 18.3 Å². The maximum absolute atomic E-state index is 12.7. The molecule has 156 valence electrons. The van der Waals surface area contributed by atoms with E-state index in [9.17, 15) is 18.3 Å². The lowest BCUT2D eigenvalue weighted by Crippen LogP contribution is -2.36. The van der Waals surface area contributed by atoms with Gasteiger partial charge in [0, 0.05) is 25.5 Å². The van der Waals surface area contributed by atoms with Crippen LogP contribution in [0.1, 0.15) is 30.1 Å². The van der Waals surface area contributed by atoms with Crippen molar-refractivity contribution in [3.63, 3.8) is 0 Å². The minimum absolute atomic E-state index is 0.141. The van der Waals surface area contributed by atoms with E-state index < -0.39 is 17.8 Å². The minimum atomic E-state index is -4.34. The Bertz CT molecular complexity index is 952. The molecule has 1 aromatic heterocycles. The van der Waals surface area contributed by atoms with Crippen LogP contribution in [0.4, 0.5) is 19.1 Å². The molecule has 1 N–H and O–H groups in total. The van der Waals surface area contributed by atoms with E-state index in [1.54, 1.807) is 18.5 Å². The van der Waals surface area contributed by atoms with Crippen molar-refractivity contribution in [1.29, 1.82) is 0 Å². The van der Waals surface area contributed by atoms with Crippen LogP contribution in [-0.2, 0) is 6.18 Å². The van der Waals surface area contributed by atoms with Gasteiger partial charge in [-0.25, -0.2) is 9.97 Å². The first-order valence-corrected chi connectivity index (χ1v) is 9.89. The number of benzene rings is 2. The van der Waals surface area contributed by atoms with Crippen LogP contribution in [0, 0.1) is 5.92 Å². The molecule has 7 heteroatoms. The van der Waals surface area contributed by atoms with Gasteiger partial charge in [-0.15, -0.1) is 0 Å². The Kier molecular flexibility index (Phi) is 5.72. The normalized spacial score (nSPS) is 16.5. The average Bonchev–Trinajstić information content (AvgIpc) is 2.79. The lowest BCUT2D eigenvalue weighted by Gasteiger charge is -2.34. The molecule has 1 saturated heterocycles. The monoisotopic (exact) mass is 413 g/mol. The van der Waals surface area contributed by atoms with Crippen LogP contribution in [0.5, 0.6) is 0 Å². The maximum Gasteiger partial charge on any atom is 0.416 e. The average molecular weight is 413 g/mol. The number of hydrogen-bond donors (Lipinski definition) is 1. The third-order valence-electron chi connectivity index (χ3n) is 5.62. The van der Waals surface area contributed by atoms with E-state index >= 15 is 0 Å². The summed E-state index contributed by atoms with van der Waals surface area (Å²) in [7, 11) is 0. The van der Waals surface area contributed by atoms with Gasteiger partial charge in [-0.2, -0.15) is 13.2 Å². The third kappa shape index (κ3) is 4.46. The number of rotatable bonds is 4. The van der Waals surface area contributed by atoms with Gasteiger partial charge in [-0.1, -0.05) is 36.4 Å². The van der Waals surface area contributed by atoms with E-state index in [0.29, 0.717) is 11.5 Å². The Hall–Kier alpha value is -2.93. The summed E-state index contributed by atoms with van der Waals surface area (Å²) in [6.07, 6.45) is 0.197. The van der Waals surface area contributed by atoms with E-state index in [0.717, 1.165) is 49.2 Å². The van der Waals surface area contributed by atoms with E-state index in [1.165, 1.54) is 12.1 Å². The molecule has 1 atom stereocenters. The van der Waals surface area contributed by atoms with E-state index in [4.69, 9.17) is 0 Å². The highest BCUT2D eigenvalue weighted by Crippen LogP contribution is 2.34. The first kappa shape index (κ1) is 20.3. The molecular formula is C23H22F3N3O. The molecule has 1 aliphatic heterocycles. The summed E-state index contributed by atoms with van der Waals surface area (Å²) in [5.41, 5.74) is 1.68. The smallest absolute Gasteiger partial charge is 0.388 e. The molecule has 4 rings (SSSR count). The van der Waals surface area contributed by atoms with Crippen molar-refractivity contribution in [2.24, 2.45) is 5.92 Å². The van der Waals surface area contributed by atoms with Crippen LogP contribution in [0.15, 0.2) is 67.0 Å². The van der Waals surface area contributed by atoms with Crippen molar-refractivity contribution in [2.75, 3.05) is 18.0 Å². The number of nitrogens with zero attached hydrogens (tertiary/aromatic N) is 3. The van der Waals surface area contributed by atoms with Gasteiger partial charge < -0.3 is 10.0 Å². The van der Waals surface area contributed by atoms with Crippen LogP contribution in [0.25, 0.3) is 11.1 Å². The Morgan fingerprint density at radius 2 is 1.40 bits per heavy atom. The Labute approximate surface area is 173 Å². The van der Waals surface area contributed by atoms with Crippen LogP contribution in [-0.4, -0.2) is 28.2 Å². The van der Waals surface area contributed by atoms with Gasteiger partial charge in [0.1, 0.15) is 0 Å². The van der Waals surface area contributed by atoms with Crippen molar-refractivity contribution in [1.82, 2.24) is 9.97 Å². The standard InChI is InChI=1S/C23H22F3N3O/c24-23(25,26)20-8-6-17(7-9-20)16-2-4-18(5-3-16)21(30)19-10-14-29(15-11-19)22-27-12-1-13-28-22/h1-9,12-13,19,21,30H,10-11,14-15H2/t21-/m0/s1. The minimum Gasteiger partial charge on any atom is -0.388 e. The number of piperidine rings is 1. The molecule has 0 saturated carbocycles. The number of alkyl halides is 3. The molecule has 1 aliphatic rings. The zero-order chi connectivity index (χ0) is 21.1. The Morgan fingerprint density at radius 1 is 0.867 bits per heavy atom. The number of anilines is 1. The van der Waals surface area contributed by atoms with E-state index in [1.807, 2.05) is 24.3 Å². The molecule has 0 amide bonds. The topological polar surface area (TPSA) is 49.2 Å². The quantitative estimate of drug-likeness (QED) is 0.646. The Balaban J connectivity index is 1.39. The number of hydrogen-bond acceptors (Lipinski definition) is 4. The lowest BCUT2D eigenvalue weighted by atomic mass is 9.87. The molecule has 0 unspecified atom stereocenters. The second-order valence-electron chi connectivity index (χ2n) is 7.52. The van der Waals surface area contributed by atoms with Crippen molar-refractivity contribution in [2.45, 2.75) is 25.1 Å². The van der Waals surface area contributed by atoms with Crippen molar-refractivity contribution >= 4 is 5.95 Å². The number of aliphatic hydroxyl groups excluding tert-OH is 1. The largest absolute Gasteiger partial charge is 0.416 e. The molecule has 4 nitrogen and oxygen atoms in total. The molecule has 0 bridgehead atoms. The summed E-state index contributed by atoms with van der Waals surface area (Å²) in [6, 6.07) is 14.3. The Morgan fingerprint density at radius 3 is 1.93 bits per heavy atom. The van der Waals surface area contributed by atoms with Crippen molar-refractivity contribution in [3.05, 3.63) is 78.1 Å².